The number of para-hydroxylation sites is 1. The van der Waals surface area contributed by atoms with Crippen LogP contribution in [0, 0.1) is 0 Å². The van der Waals surface area contributed by atoms with E-state index in [-0.39, 0.29) is 30.5 Å². The van der Waals surface area contributed by atoms with Gasteiger partial charge in [0.1, 0.15) is 11.3 Å². The molecule has 8 nitrogen and oxygen atoms in total. The predicted molar refractivity (Wildman–Crippen MR) is 106 cm³/mol. The number of thioether (sulfide) groups is 1. The van der Waals surface area contributed by atoms with E-state index in [1.807, 2.05) is 30.3 Å². The van der Waals surface area contributed by atoms with E-state index < -0.39 is 0 Å². The number of rotatable bonds is 5. The fourth-order valence-corrected chi connectivity index (χ4v) is 4.45. The van der Waals surface area contributed by atoms with Gasteiger partial charge in [-0.05, 0) is 12.1 Å². The van der Waals surface area contributed by atoms with Crippen LogP contribution in [0.15, 0.2) is 67.6 Å². The Hall–Kier alpha value is -3.33. The van der Waals surface area contributed by atoms with Crippen LogP contribution in [0.25, 0.3) is 22.5 Å². The Bertz CT molecular complexity index is 1230. The van der Waals surface area contributed by atoms with E-state index >= 15 is 0 Å². The topological polar surface area (TPSA) is 103 Å². The number of furan rings is 1. The molecule has 4 heterocycles. The van der Waals surface area contributed by atoms with Crippen LogP contribution in [0.3, 0.4) is 0 Å². The fourth-order valence-electron chi connectivity index (χ4n) is 3.33. The maximum Gasteiger partial charge on any atom is 0.254 e. The van der Waals surface area contributed by atoms with Gasteiger partial charge in [-0.1, -0.05) is 35.1 Å². The standard InChI is InChI=1S/C20H16N4O4S/c25-18(9-14-11-29-20-21-6-5-19(26)24(14)20)22-10-13-8-17(28-23-13)16-7-12-3-1-2-4-15(12)27-16/h1-8,14H,9-11H2,(H,22,25). The van der Waals surface area contributed by atoms with Crippen molar-refractivity contribution in [2.75, 3.05) is 5.75 Å². The first-order valence-corrected chi connectivity index (χ1v) is 10.1. The van der Waals surface area contributed by atoms with Gasteiger partial charge in [0.2, 0.25) is 11.7 Å². The molecule has 1 aliphatic rings. The number of aromatic nitrogens is 3. The highest BCUT2D eigenvalue weighted by molar-refractivity contribution is 7.99. The summed E-state index contributed by atoms with van der Waals surface area (Å²) in [4.78, 5) is 28.6. The summed E-state index contributed by atoms with van der Waals surface area (Å²) in [6, 6.07) is 12.5. The number of nitrogens with zero attached hydrogens (tertiary/aromatic N) is 3. The van der Waals surface area contributed by atoms with Gasteiger partial charge >= 0.3 is 0 Å². The summed E-state index contributed by atoms with van der Waals surface area (Å²) in [6.07, 6.45) is 1.70. The lowest BCUT2D eigenvalue weighted by Crippen LogP contribution is -2.30. The van der Waals surface area contributed by atoms with Crippen LogP contribution in [0.4, 0.5) is 0 Å². The number of hydrogen-bond donors (Lipinski definition) is 1. The van der Waals surface area contributed by atoms with E-state index in [2.05, 4.69) is 15.5 Å². The monoisotopic (exact) mass is 408 g/mol. The molecule has 9 heteroatoms. The van der Waals surface area contributed by atoms with Crippen LogP contribution in [0.1, 0.15) is 18.2 Å². The van der Waals surface area contributed by atoms with Crippen molar-refractivity contribution in [3.8, 4) is 11.5 Å². The van der Waals surface area contributed by atoms with Gasteiger partial charge in [-0.15, -0.1) is 0 Å². The van der Waals surface area contributed by atoms with Crippen LogP contribution in [0.5, 0.6) is 0 Å². The van der Waals surface area contributed by atoms with Crippen molar-refractivity contribution in [2.45, 2.75) is 24.2 Å². The van der Waals surface area contributed by atoms with E-state index in [1.165, 1.54) is 24.0 Å². The molecule has 1 N–H and O–H groups in total. The number of nitrogens with one attached hydrogen (secondary N) is 1. The molecule has 146 valence electrons. The minimum absolute atomic E-state index is 0.134. The third-order valence-corrected chi connectivity index (χ3v) is 5.84. The quantitative estimate of drug-likeness (QED) is 0.506. The average Bonchev–Trinajstić information content (AvgIpc) is 3.45. The van der Waals surface area contributed by atoms with Crippen LogP contribution in [0.2, 0.25) is 0 Å². The van der Waals surface area contributed by atoms with Crippen LogP contribution < -0.4 is 10.9 Å². The van der Waals surface area contributed by atoms with Crippen molar-refractivity contribution in [2.24, 2.45) is 0 Å². The van der Waals surface area contributed by atoms with Gasteiger partial charge in [-0.3, -0.25) is 14.2 Å². The second-order valence-corrected chi connectivity index (χ2v) is 7.70. The van der Waals surface area contributed by atoms with Crippen molar-refractivity contribution < 1.29 is 13.7 Å². The summed E-state index contributed by atoms with van der Waals surface area (Å²) in [5.41, 5.74) is 1.23. The summed E-state index contributed by atoms with van der Waals surface area (Å²) < 4.78 is 12.7. The van der Waals surface area contributed by atoms with Gasteiger partial charge in [-0.2, -0.15) is 0 Å². The Morgan fingerprint density at radius 3 is 3.03 bits per heavy atom. The SMILES string of the molecule is O=C(CC1CSc2nccc(=O)n21)NCc1cc(-c2cc3ccccc3o2)on1. The molecule has 5 rings (SSSR count). The van der Waals surface area contributed by atoms with Crippen molar-refractivity contribution in [3.05, 3.63) is 64.7 Å². The molecular formula is C20H16N4O4S. The highest BCUT2D eigenvalue weighted by atomic mass is 32.2. The van der Waals surface area contributed by atoms with E-state index in [1.54, 1.807) is 10.6 Å². The number of hydrogen-bond acceptors (Lipinski definition) is 7. The summed E-state index contributed by atoms with van der Waals surface area (Å²) in [6.45, 7) is 0.233. The van der Waals surface area contributed by atoms with Gasteiger partial charge < -0.3 is 14.3 Å². The first-order valence-electron chi connectivity index (χ1n) is 9.09. The van der Waals surface area contributed by atoms with E-state index in [0.29, 0.717) is 28.1 Å². The Morgan fingerprint density at radius 2 is 2.14 bits per heavy atom. The molecular weight excluding hydrogens is 392 g/mol. The lowest BCUT2D eigenvalue weighted by Gasteiger charge is -2.12. The number of carbonyl (C=O) groups excluding carboxylic acids is 1. The molecule has 0 fully saturated rings. The van der Waals surface area contributed by atoms with Gasteiger partial charge in [0.05, 0.1) is 12.6 Å². The van der Waals surface area contributed by atoms with Crippen LogP contribution in [-0.2, 0) is 11.3 Å². The molecule has 0 aliphatic carbocycles. The van der Waals surface area contributed by atoms with E-state index in [0.717, 1.165) is 11.0 Å². The lowest BCUT2D eigenvalue weighted by molar-refractivity contribution is -0.121. The molecule has 0 saturated carbocycles. The first-order chi connectivity index (χ1) is 14.2. The van der Waals surface area contributed by atoms with Gasteiger partial charge in [0.25, 0.3) is 5.56 Å². The molecule has 1 aromatic carbocycles. The molecule has 0 spiro atoms. The van der Waals surface area contributed by atoms with Crippen molar-refractivity contribution in [3.63, 3.8) is 0 Å². The van der Waals surface area contributed by atoms with Gasteiger partial charge in [0, 0.05) is 35.9 Å². The Balaban J connectivity index is 1.23. The average molecular weight is 408 g/mol. The van der Waals surface area contributed by atoms with Gasteiger partial charge in [0.15, 0.2) is 10.9 Å². The van der Waals surface area contributed by atoms with E-state index in [9.17, 15) is 9.59 Å². The molecule has 29 heavy (non-hydrogen) atoms. The van der Waals surface area contributed by atoms with Crippen molar-refractivity contribution in [1.29, 1.82) is 0 Å². The Labute approximate surface area is 168 Å². The summed E-state index contributed by atoms with van der Waals surface area (Å²) in [5.74, 6) is 1.58. The van der Waals surface area contributed by atoms with Crippen molar-refractivity contribution >= 4 is 28.6 Å². The molecule has 4 aromatic rings. The highest BCUT2D eigenvalue weighted by Gasteiger charge is 2.26. The maximum absolute atomic E-state index is 12.4. The molecule has 1 aliphatic heterocycles. The smallest absolute Gasteiger partial charge is 0.254 e. The highest BCUT2D eigenvalue weighted by Crippen LogP contribution is 2.31. The fraction of sp³-hybridized carbons (Fsp3) is 0.200. The summed E-state index contributed by atoms with van der Waals surface area (Å²) in [7, 11) is 0. The largest absolute Gasteiger partial charge is 0.453 e. The normalized spacial score (nSPS) is 15.5. The molecule has 3 aromatic heterocycles. The zero-order chi connectivity index (χ0) is 19.8. The molecule has 0 saturated heterocycles. The molecule has 1 atom stereocenters. The van der Waals surface area contributed by atoms with Crippen molar-refractivity contribution in [1.82, 2.24) is 20.0 Å². The second-order valence-electron chi connectivity index (χ2n) is 6.71. The number of benzene rings is 1. The third kappa shape index (κ3) is 3.44. The molecule has 0 radical (unpaired) electrons. The maximum atomic E-state index is 12.4. The zero-order valence-corrected chi connectivity index (χ0v) is 16.0. The minimum Gasteiger partial charge on any atom is -0.453 e. The Kier molecular flexibility index (Phi) is 4.44. The summed E-state index contributed by atoms with van der Waals surface area (Å²) in [5, 5.41) is 8.46. The zero-order valence-electron chi connectivity index (χ0n) is 15.2. The van der Waals surface area contributed by atoms with Crippen LogP contribution in [-0.4, -0.2) is 26.4 Å². The third-order valence-electron chi connectivity index (χ3n) is 4.73. The number of amides is 1. The number of fused-ring (bicyclic) bond motifs is 2. The van der Waals surface area contributed by atoms with Gasteiger partial charge in [-0.25, -0.2) is 4.98 Å². The van der Waals surface area contributed by atoms with E-state index in [4.69, 9.17) is 8.94 Å². The molecule has 1 amide bonds. The summed E-state index contributed by atoms with van der Waals surface area (Å²) >= 11 is 1.48. The lowest BCUT2D eigenvalue weighted by atomic mass is 10.2. The van der Waals surface area contributed by atoms with Crippen LogP contribution >= 0.6 is 11.8 Å². The molecule has 1 unspecified atom stereocenters. The first kappa shape index (κ1) is 17.7. The second kappa shape index (κ2) is 7.25. The number of carbonyl (C=O) groups is 1. The Morgan fingerprint density at radius 1 is 1.24 bits per heavy atom. The predicted octanol–water partition coefficient (Wildman–Crippen LogP) is 3.00. The molecule has 0 bridgehead atoms. The minimum atomic E-state index is -0.195.